The van der Waals surface area contributed by atoms with Gasteiger partial charge < -0.3 is 14.7 Å². The average Bonchev–Trinajstić information content (AvgIpc) is 3.37. The Bertz CT molecular complexity index is 911. The molecule has 3 aliphatic rings. The molecule has 1 aromatic rings. The predicted molar refractivity (Wildman–Crippen MR) is 108 cm³/mol. The summed E-state index contributed by atoms with van der Waals surface area (Å²) in [7, 11) is -3.10. The standard InChI is InChI=1S/C18H24ClN5O4S/c19-14-11-20-18(24-4-1-2-5-24)21-15(14)17(26)23-8-6-22(7-9-23)16(25)13-3-10-29(27,28)12-13/h11,13H,1-10,12H2/t13-/m0/s1. The molecule has 0 unspecified atom stereocenters. The van der Waals surface area contributed by atoms with Crippen LogP contribution in [0.25, 0.3) is 0 Å². The Morgan fingerprint density at radius 1 is 1.03 bits per heavy atom. The van der Waals surface area contributed by atoms with Crippen molar-refractivity contribution in [1.29, 1.82) is 0 Å². The van der Waals surface area contributed by atoms with Gasteiger partial charge in [0.1, 0.15) is 0 Å². The number of amides is 2. The minimum atomic E-state index is -3.10. The van der Waals surface area contributed by atoms with E-state index in [0.29, 0.717) is 38.5 Å². The molecule has 29 heavy (non-hydrogen) atoms. The van der Waals surface area contributed by atoms with Gasteiger partial charge in [-0.2, -0.15) is 0 Å². The molecule has 0 N–H and O–H groups in total. The smallest absolute Gasteiger partial charge is 0.274 e. The van der Waals surface area contributed by atoms with Crippen LogP contribution in [0.4, 0.5) is 5.95 Å². The molecule has 1 aromatic heterocycles. The molecule has 11 heteroatoms. The summed E-state index contributed by atoms with van der Waals surface area (Å²) >= 11 is 6.20. The van der Waals surface area contributed by atoms with Gasteiger partial charge in [0.25, 0.3) is 5.91 Å². The number of carbonyl (C=O) groups excluding carboxylic acids is 2. The molecule has 4 heterocycles. The average molecular weight is 442 g/mol. The highest BCUT2D eigenvalue weighted by Gasteiger charge is 2.37. The SMILES string of the molecule is O=C(c1nc(N2CCCC2)ncc1Cl)N1CCN(C(=O)[C@H]2CCS(=O)(=O)C2)CC1. The molecular weight excluding hydrogens is 418 g/mol. The number of nitrogens with zero attached hydrogens (tertiary/aromatic N) is 5. The normalized spacial score (nSPS) is 24.2. The second-order valence-electron chi connectivity index (χ2n) is 7.78. The number of rotatable bonds is 3. The summed E-state index contributed by atoms with van der Waals surface area (Å²) < 4.78 is 23.3. The number of anilines is 1. The van der Waals surface area contributed by atoms with Crippen molar-refractivity contribution in [3.05, 3.63) is 16.9 Å². The number of sulfone groups is 1. The lowest BCUT2D eigenvalue weighted by atomic mass is 10.1. The molecule has 158 valence electrons. The first kappa shape index (κ1) is 20.3. The molecular formula is C18H24ClN5O4S. The van der Waals surface area contributed by atoms with Crippen LogP contribution in [-0.4, -0.2) is 90.8 Å². The molecule has 1 atom stereocenters. The number of aromatic nitrogens is 2. The van der Waals surface area contributed by atoms with Crippen LogP contribution in [0.1, 0.15) is 29.8 Å². The second-order valence-corrected chi connectivity index (χ2v) is 10.4. The molecule has 0 bridgehead atoms. The van der Waals surface area contributed by atoms with E-state index in [9.17, 15) is 18.0 Å². The van der Waals surface area contributed by atoms with E-state index in [0.717, 1.165) is 25.9 Å². The molecule has 3 saturated heterocycles. The van der Waals surface area contributed by atoms with E-state index in [4.69, 9.17) is 11.6 Å². The fraction of sp³-hybridized carbons (Fsp3) is 0.667. The number of carbonyl (C=O) groups is 2. The van der Waals surface area contributed by atoms with Crippen molar-refractivity contribution in [1.82, 2.24) is 19.8 Å². The Morgan fingerprint density at radius 2 is 1.69 bits per heavy atom. The predicted octanol–water partition coefficient (Wildman–Crippen LogP) is 0.449. The van der Waals surface area contributed by atoms with Gasteiger partial charge in [0.2, 0.25) is 11.9 Å². The Morgan fingerprint density at radius 3 is 2.31 bits per heavy atom. The van der Waals surface area contributed by atoms with Crippen LogP contribution in [0.5, 0.6) is 0 Å². The Balaban J connectivity index is 1.39. The summed E-state index contributed by atoms with van der Waals surface area (Å²) in [5.41, 5.74) is 0.185. The Kier molecular flexibility index (Phi) is 5.65. The largest absolute Gasteiger partial charge is 0.341 e. The van der Waals surface area contributed by atoms with Gasteiger partial charge in [0.15, 0.2) is 15.5 Å². The van der Waals surface area contributed by atoms with Crippen LogP contribution in [-0.2, 0) is 14.6 Å². The zero-order valence-electron chi connectivity index (χ0n) is 16.1. The first-order chi connectivity index (χ1) is 13.8. The summed E-state index contributed by atoms with van der Waals surface area (Å²) in [4.78, 5) is 39.5. The van der Waals surface area contributed by atoms with Crippen LogP contribution in [0, 0.1) is 5.92 Å². The van der Waals surface area contributed by atoms with Gasteiger partial charge in [-0.15, -0.1) is 0 Å². The first-order valence-electron chi connectivity index (χ1n) is 9.90. The Hall–Kier alpha value is -1.94. The summed E-state index contributed by atoms with van der Waals surface area (Å²) in [6.07, 6.45) is 4.01. The number of hydrogen-bond donors (Lipinski definition) is 0. The van der Waals surface area contributed by atoms with E-state index in [1.54, 1.807) is 9.80 Å². The fourth-order valence-electron chi connectivity index (χ4n) is 4.10. The summed E-state index contributed by atoms with van der Waals surface area (Å²) in [6, 6.07) is 0. The minimum absolute atomic E-state index is 0.0687. The van der Waals surface area contributed by atoms with E-state index < -0.39 is 15.8 Å². The van der Waals surface area contributed by atoms with Crippen molar-refractivity contribution in [2.45, 2.75) is 19.3 Å². The van der Waals surface area contributed by atoms with Gasteiger partial charge in [-0.1, -0.05) is 11.6 Å². The lowest BCUT2D eigenvalue weighted by molar-refractivity contribution is -0.136. The van der Waals surface area contributed by atoms with Crippen LogP contribution in [0.15, 0.2) is 6.20 Å². The molecule has 0 saturated carbocycles. The Labute approximate surface area is 174 Å². The topological polar surface area (TPSA) is 104 Å². The fourth-order valence-corrected chi connectivity index (χ4v) is 6.01. The van der Waals surface area contributed by atoms with E-state index >= 15 is 0 Å². The third-order valence-electron chi connectivity index (χ3n) is 5.78. The van der Waals surface area contributed by atoms with Crippen LogP contribution < -0.4 is 4.90 Å². The molecule has 0 aromatic carbocycles. The van der Waals surface area contributed by atoms with Crippen LogP contribution in [0.3, 0.4) is 0 Å². The maximum Gasteiger partial charge on any atom is 0.274 e. The molecule has 3 aliphatic heterocycles. The second kappa shape index (κ2) is 8.06. The lowest BCUT2D eigenvalue weighted by Gasteiger charge is -2.35. The molecule has 0 spiro atoms. The van der Waals surface area contributed by atoms with Crippen LogP contribution >= 0.6 is 11.6 Å². The number of halogens is 1. The molecule has 9 nitrogen and oxygen atoms in total. The third kappa shape index (κ3) is 4.32. The molecule has 3 fully saturated rings. The van der Waals surface area contributed by atoms with Crippen LogP contribution in [0.2, 0.25) is 5.02 Å². The van der Waals surface area contributed by atoms with Gasteiger partial charge in [0.05, 0.1) is 28.6 Å². The third-order valence-corrected chi connectivity index (χ3v) is 7.83. The highest BCUT2D eigenvalue weighted by molar-refractivity contribution is 7.91. The van der Waals surface area contributed by atoms with Crippen molar-refractivity contribution >= 4 is 39.2 Å². The van der Waals surface area contributed by atoms with Crippen molar-refractivity contribution in [2.75, 3.05) is 55.7 Å². The molecule has 0 aliphatic carbocycles. The first-order valence-corrected chi connectivity index (χ1v) is 12.1. The van der Waals surface area contributed by atoms with E-state index in [1.165, 1.54) is 6.20 Å². The summed E-state index contributed by atoms with van der Waals surface area (Å²) in [5.74, 6) is -0.329. The van der Waals surface area contributed by atoms with Gasteiger partial charge in [-0.25, -0.2) is 18.4 Å². The van der Waals surface area contributed by atoms with Crippen molar-refractivity contribution in [2.24, 2.45) is 5.92 Å². The molecule has 0 radical (unpaired) electrons. The maximum absolute atomic E-state index is 13.0. The monoisotopic (exact) mass is 441 g/mol. The molecule has 2 amide bonds. The summed E-state index contributed by atoms with van der Waals surface area (Å²) in [5, 5.41) is 0.215. The van der Waals surface area contributed by atoms with Gasteiger partial charge in [-0.05, 0) is 19.3 Å². The van der Waals surface area contributed by atoms with E-state index in [-0.39, 0.29) is 34.0 Å². The highest BCUT2D eigenvalue weighted by atomic mass is 35.5. The van der Waals surface area contributed by atoms with Crippen molar-refractivity contribution in [3.63, 3.8) is 0 Å². The van der Waals surface area contributed by atoms with E-state index in [1.807, 2.05) is 4.90 Å². The zero-order valence-corrected chi connectivity index (χ0v) is 17.7. The zero-order chi connectivity index (χ0) is 20.6. The van der Waals surface area contributed by atoms with Crippen molar-refractivity contribution < 1.29 is 18.0 Å². The van der Waals surface area contributed by atoms with Gasteiger partial charge in [-0.3, -0.25) is 9.59 Å². The quantitative estimate of drug-likeness (QED) is 0.670. The van der Waals surface area contributed by atoms with Gasteiger partial charge in [0, 0.05) is 39.3 Å². The van der Waals surface area contributed by atoms with Crippen molar-refractivity contribution in [3.8, 4) is 0 Å². The number of piperazine rings is 1. The van der Waals surface area contributed by atoms with Gasteiger partial charge >= 0.3 is 0 Å². The number of hydrogen-bond acceptors (Lipinski definition) is 7. The van der Waals surface area contributed by atoms with E-state index in [2.05, 4.69) is 9.97 Å². The maximum atomic E-state index is 13.0. The minimum Gasteiger partial charge on any atom is -0.341 e. The highest BCUT2D eigenvalue weighted by Crippen LogP contribution is 2.23. The summed E-state index contributed by atoms with van der Waals surface area (Å²) in [6.45, 7) is 3.22. The molecule has 4 rings (SSSR count). The lowest BCUT2D eigenvalue weighted by Crippen LogP contribution is -2.52.